The predicted octanol–water partition coefficient (Wildman–Crippen LogP) is 2.61. The summed E-state index contributed by atoms with van der Waals surface area (Å²) < 4.78 is 6.52. The van der Waals surface area contributed by atoms with Gasteiger partial charge in [-0.1, -0.05) is 35.4 Å². The molecule has 0 spiro atoms. The lowest BCUT2D eigenvalue weighted by Gasteiger charge is -2.01. The Morgan fingerprint density at radius 2 is 2.12 bits per heavy atom. The molecule has 0 unspecified atom stereocenters. The Morgan fingerprint density at radius 1 is 1.41 bits per heavy atom. The molecule has 0 amide bonds. The van der Waals surface area contributed by atoms with Crippen molar-refractivity contribution in [3.05, 3.63) is 54.9 Å². The summed E-state index contributed by atoms with van der Waals surface area (Å²) >= 11 is 0. The van der Waals surface area contributed by atoms with Crippen LogP contribution in [0.25, 0.3) is 10.8 Å². The Bertz CT molecular complexity index is 575. The Hall–Kier alpha value is -2.16. The van der Waals surface area contributed by atoms with Gasteiger partial charge in [0.15, 0.2) is 11.9 Å². The molecule has 2 aromatic rings. The van der Waals surface area contributed by atoms with E-state index in [1.807, 2.05) is 37.3 Å². The predicted molar refractivity (Wildman–Crippen MR) is 65.8 cm³/mol. The Balaban J connectivity index is 2.43. The number of hydrogen-bond donors (Lipinski definition) is 0. The average Bonchev–Trinajstić information content (AvgIpc) is 2.35. The van der Waals surface area contributed by atoms with Crippen LogP contribution in [-0.2, 0) is 4.74 Å². The molecule has 0 fully saturated rings. The molecule has 0 atom stereocenters. The first-order chi connectivity index (χ1) is 8.22. The Kier molecular flexibility index (Phi) is 3.19. The zero-order chi connectivity index (χ0) is 12.3. The quantitative estimate of drug-likeness (QED) is 0.584. The molecule has 3 nitrogen and oxygen atoms in total. The van der Waals surface area contributed by atoms with E-state index in [1.165, 1.54) is 4.57 Å². The largest absolute Gasteiger partial charge is 0.602 e. The summed E-state index contributed by atoms with van der Waals surface area (Å²) in [4.78, 5) is 11.8. The Morgan fingerprint density at radius 3 is 2.82 bits per heavy atom. The number of benzene rings is 1. The third-order valence-corrected chi connectivity index (χ3v) is 2.53. The highest BCUT2D eigenvalue weighted by molar-refractivity contribution is 5.81. The van der Waals surface area contributed by atoms with E-state index in [9.17, 15) is 4.79 Å². The van der Waals surface area contributed by atoms with E-state index in [4.69, 9.17) is 4.74 Å². The fourth-order valence-corrected chi connectivity index (χ4v) is 1.69. The summed E-state index contributed by atoms with van der Waals surface area (Å²) in [5.41, 5.74) is 0.845. The lowest BCUT2D eigenvalue weighted by Crippen LogP contribution is -2.45. The monoisotopic (exact) mass is 228 g/mol. The van der Waals surface area contributed by atoms with E-state index in [1.54, 1.807) is 12.3 Å². The molecule has 0 radical (unpaired) electrons. The average molecular weight is 228 g/mol. The van der Waals surface area contributed by atoms with E-state index < -0.39 is 0 Å². The number of carbonyl (C=O) groups is 1. The maximum absolute atomic E-state index is 11.8. The van der Waals surface area contributed by atoms with Gasteiger partial charge in [-0.2, -0.15) is 4.79 Å². The molecular weight excluding hydrogens is 214 g/mol. The minimum absolute atomic E-state index is 0.220. The van der Waals surface area contributed by atoms with Crippen molar-refractivity contribution in [3.8, 4) is 0 Å². The molecule has 1 aromatic heterocycles. The SMILES string of the molecule is C=CCOC(=O)[n+]1cc2ccccc2cc1C. The van der Waals surface area contributed by atoms with E-state index in [-0.39, 0.29) is 12.7 Å². The molecule has 3 heteroatoms. The maximum Gasteiger partial charge on any atom is 0.602 e. The van der Waals surface area contributed by atoms with Gasteiger partial charge in [0.25, 0.3) is 0 Å². The van der Waals surface area contributed by atoms with E-state index in [0.717, 1.165) is 16.5 Å². The van der Waals surface area contributed by atoms with Gasteiger partial charge in [0.1, 0.15) is 6.61 Å². The van der Waals surface area contributed by atoms with Gasteiger partial charge < -0.3 is 4.74 Å². The molecule has 0 aliphatic rings. The highest BCUT2D eigenvalue weighted by Gasteiger charge is 2.19. The normalized spacial score (nSPS) is 10.2. The van der Waals surface area contributed by atoms with Gasteiger partial charge in [0, 0.05) is 18.4 Å². The molecule has 1 heterocycles. The fraction of sp³-hybridized carbons (Fsp3) is 0.143. The highest BCUT2D eigenvalue weighted by atomic mass is 16.5. The minimum atomic E-state index is -0.381. The van der Waals surface area contributed by atoms with Crippen LogP contribution in [-0.4, -0.2) is 12.7 Å². The molecule has 0 bridgehead atoms. The topological polar surface area (TPSA) is 30.2 Å². The fourth-order valence-electron chi connectivity index (χ4n) is 1.69. The van der Waals surface area contributed by atoms with Crippen molar-refractivity contribution >= 4 is 16.9 Å². The third-order valence-electron chi connectivity index (χ3n) is 2.53. The molecule has 0 saturated carbocycles. The van der Waals surface area contributed by atoms with Crippen molar-refractivity contribution in [1.29, 1.82) is 0 Å². The van der Waals surface area contributed by atoms with E-state index in [2.05, 4.69) is 6.58 Å². The smallest absolute Gasteiger partial charge is 0.407 e. The third kappa shape index (κ3) is 2.33. The number of carbonyl (C=O) groups excluding carboxylic acids is 1. The van der Waals surface area contributed by atoms with Crippen molar-refractivity contribution < 1.29 is 14.1 Å². The van der Waals surface area contributed by atoms with Crippen LogP contribution in [0.15, 0.2) is 49.2 Å². The molecule has 0 aliphatic heterocycles. The van der Waals surface area contributed by atoms with Crippen LogP contribution in [0.3, 0.4) is 0 Å². The molecule has 0 N–H and O–H groups in total. The first-order valence-corrected chi connectivity index (χ1v) is 5.41. The second-order valence-electron chi connectivity index (χ2n) is 3.78. The number of aryl methyl sites for hydroxylation is 1. The molecule has 1 aromatic carbocycles. The number of rotatable bonds is 2. The van der Waals surface area contributed by atoms with Crippen LogP contribution in [0.4, 0.5) is 4.79 Å². The van der Waals surface area contributed by atoms with Gasteiger partial charge in [-0.05, 0) is 11.5 Å². The zero-order valence-electron chi connectivity index (χ0n) is 9.72. The Labute approximate surface area is 100.0 Å². The van der Waals surface area contributed by atoms with Crippen LogP contribution in [0.2, 0.25) is 0 Å². The van der Waals surface area contributed by atoms with Crippen molar-refractivity contribution in [2.45, 2.75) is 6.92 Å². The maximum atomic E-state index is 11.8. The van der Waals surface area contributed by atoms with Crippen molar-refractivity contribution in [3.63, 3.8) is 0 Å². The molecule has 0 saturated heterocycles. The van der Waals surface area contributed by atoms with Gasteiger partial charge in [0.2, 0.25) is 0 Å². The van der Waals surface area contributed by atoms with Gasteiger partial charge in [-0.3, -0.25) is 0 Å². The number of fused-ring (bicyclic) bond motifs is 1. The van der Waals surface area contributed by atoms with Crippen LogP contribution >= 0.6 is 0 Å². The summed E-state index contributed by atoms with van der Waals surface area (Å²) in [5.74, 6) is 0. The molecule has 2 rings (SSSR count). The summed E-state index contributed by atoms with van der Waals surface area (Å²) in [6.07, 6.45) is 2.96. The van der Waals surface area contributed by atoms with Crippen LogP contribution in [0.1, 0.15) is 5.69 Å². The first-order valence-electron chi connectivity index (χ1n) is 5.41. The summed E-state index contributed by atoms with van der Waals surface area (Å²) in [5, 5.41) is 2.12. The van der Waals surface area contributed by atoms with Gasteiger partial charge in [0.05, 0.1) is 0 Å². The second-order valence-corrected chi connectivity index (χ2v) is 3.78. The second kappa shape index (κ2) is 4.78. The van der Waals surface area contributed by atoms with Gasteiger partial charge >= 0.3 is 6.09 Å². The summed E-state index contributed by atoms with van der Waals surface area (Å²) in [6, 6.07) is 9.86. The highest BCUT2D eigenvalue weighted by Crippen LogP contribution is 2.11. The number of nitrogens with zero attached hydrogens (tertiary/aromatic N) is 1. The van der Waals surface area contributed by atoms with Crippen molar-refractivity contribution in [2.75, 3.05) is 6.61 Å². The standard InChI is InChI=1S/C14H14NO2/c1-3-8-17-14(16)15-10-13-7-5-4-6-12(13)9-11(15)2/h3-7,9-10H,1,8H2,2H3/q+1. The van der Waals surface area contributed by atoms with Crippen molar-refractivity contribution in [2.24, 2.45) is 0 Å². The number of aromatic nitrogens is 1. The molecule has 17 heavy (non-hydrogen) atoms. The summed E-state index contributed by atoms with van der Waals surface area (Å²) in [7, 11) is 0. The zero-order valence-corrected chi connectivity index (χ0v) is 9.72. The van der Waals surface area contributed by atoms with Gasteiger partial charge in [-0.25, -0.2) is 0 Å². The van der Waals surface area contributed by atoms with E-state index >= 15 is 0 Å². The van der Waals surface area contributed by atoms with Crippen molar-refractivity contribution in [1.82, 2.24) is 0 Å². The van der Waals surface area contributed by atoms with Crippen LogP contribution in [0.5, 0.6) is 0 Å². The first kappa shape index (κ1) is 11.3. The molecule has 0 aliphatic carbocycles. The molecule has 86 valence electrons. The minimum Gasteiger partial charge on any atom is -0.407 e. The molecular formula is C14H14NO2+. The van der Waals surface area contributed by atoms with Crippen LogP contribution in [0, 0.1) is 6.92 Å². The number of ether oxygens (including phenoxy) is 1. The lowest BCUT2D eigenvalue weighted by molar-refractivity contribution is -0.591. The van der Waals surface area contributed by atoms with Gasteiger partial charge in [-0.15, -0.1) is 0 Å². The number of pyridine rings is 1. The number of hydrogen-bond acceptors (Lipinski definition) is 2. The lowest BCUT2D eigenvalue weighted by atomic mass is 10.1. The van der Waals surface area contributed by atoms with Crippen LogP contribution < -0.4 is 4.57 Å². The summed E-state index contributed by atoms with van der Waals surface area (Å²) in [6.45, 7) is 5.61. The van der Waals surface area contributed by atoms with E-state index in [0.29, 0.717) is 0 Å².